The molecule has 2 aliphatic rings. The zero-order chi connectivity index (χ0) is 40.9. The predicted octanol–water partition coefficient (Wildman–Crippen LogP) is 8.72. The lowest BCUT2D eigenvalue weighted by molar-refractivity contribution is 0.0269. The summed E-state index contributed by atoms with van der Waals surface area (Å²) in [6.07, 6.45) is 8.55. The molecule has 1 amide bonds. The molecule has 55 heavy (non-hydrogen) atoms. The first-order chi connectivity index (χ1) is 26.3. The Hall–Kier alpha value is -4.88. The highest BCUT2D eigenvalue weighted by Crippen LogP contribution is 2.47. The number of pyridine rings is 1. The van der Waals surface area contributed by atoms with E-state index in [1.165, 1.54) is 7.11 Å². The van der Waals surface area contributed by atoms with E-state index in [9.17, 15) is 14.3 Å². The molecule has 3 aromatic rings. The number of carbonyl (C=O) groups is 1. The van der Waals surface area contributed by atoms with Crippen molar-refractivity contribution in [2.45, 2.75) is 93.8 Å². The topological polar surface area (TPSA) is 134 Å². The van der Waals surface area contributed by atoms with Gasteiger partial charge in [0.1, 0.15) is 41.1 Å². The Bertz CT molecular complexity index is 1890. The first-order valence-corrected chi connectivity index (χ1v) is 19.0. The standard InChI is InChI=1S/C38H46F2N6O5.2C2H6/c1-8-9-24(17-26-20-41-23(3)43-26)35-27-10-11-30(47)32(27)34(33-28(40)18-25(39)19-31(33)50-15-14-49-7)36(44-35)29-16-22(2)21-46(13-12-42-45-29)37(48)51-38(4,5)6;2*1-2/h8-9,16-20,30,42,47H,10-15,21H2,1-7H3,(H,41,43);2*1-2H3/b9-8-,22-16+,24-17+,45-29+;;. The van der Waals surface area contributed by atoms with Crippen LogP contribution in [0.3, 0.4) is 0 Å². The lowest BCUT2D eigenvalue weighted by Gasteiger charge is -2.27. The number of aryl methyl sites for hydroxylation is 1. The van der Waals surface area contributed by atoms with Crippen LogP contribution in [0.5, 0.6) is 5.75 Å². The maximum absolute atomic E-state index is 16.3. The van der Waals surface area contributed by atoms with Gasteiger partial charge in [-0.2, -0.15) is 5.10 Å². The summed E-state index contributed by atoms with van der Waals surface area (Å²) < 4.78 is 47.7. The third-order valence-electron chi connectivity index (χ3n) is 8.22. The molecule has 11 nitrogen and oxygen atoms in total. The molecule has 1 atom stereocenters. The van der Waals surface area contributed by atoms with Crippen LogP contribution in [-0.4, -0.2) is 82.3 Å². The van der Waals surface area contributed by atoms with Gasteiger partial charge in [0.05, 0.1) is 48.1 Å². The molecule has 5 rings (SSSR count). The third kappa shape index (κ3) is 11.6. The van der Waals surface area contributed by atoms with E-state index in [0.29, 0.717) is 36.4 Å². The molecule has 1 aliphatic heterocycles. The zero-order valence-corrected chi connectivity index (χ0v) is 34.2. The number of methoxy groups -OCH3 is 1. The molecule has 2 aromatic heterocycles. The third-order valence-corrected chi connectivity index (χ3v) is 8.22. The highest BCUT2D eigenvalue weighted by atomic mass is 19.1. The van der Waals surface area contributed by atoms with E-state index in [2.05, 4.69) is 15.4 Å². The summed E-state index contributed by atoms with van der Waals surface area (Å²) in [6, 6.07) is 1.91. The van der Waals surface area contributed by atoms with Crippen LogP contribution in [0.2, 0.25) is 0 Å². The fraction of sp³-hybridized carbons (Fsp3) is 0.476. The van der Waals surface area contributed by atoms with Crippen molar-refractivity contribution in [1.82, 2.24) is 25.3 Å². The number of H-pyrrole nitrogens is 1. The first kappa shape index (κ1) is 44.5. The molecule has 300 valence electrons. The minimum absolute atomic E-state index is 0.0256. The Kier molecular flexibility index (Phi) is 16.8. The minimum atomic E-state index is -0.995. The molecule has 0 spiro atoms. The summed E-state index contributed by atoms with van der Waals surface area (Å²) in [5, 5.41) is 16.4. The van der Waals surface area contributed by atoms with Crippen LogP contribution < -0.4 is 10.2 Å². The van der Waals surface area contributed by atoms with Crippen LogP contribution >= 0.6 is 0 Å². The monoisotopic (exact) mass is 764 g/mol. The van der Waals surface area contributed by atoms with Gasteiger partial charge in [0, 0.05) is 43.5 Å². The summed E-state index contributed by atoms with van der Waals surface area (Å²) in [6.45, 7) is 20.0. The van der Waals surface area contributed by atoms with Crippen LogP contribution in [-0.2, 0) is 15.9 Å². The highest BCUT2D eigenvalue weighted by molar-refractivity contribution is 6.13. The second kappa shape index (κ2) is 20.7. The van der Waals surface area contributed by atoms with Gasteiger partial charge in [-0.15, -0.1) is 0 Å². The van der Waals surface area contributed by atoms with E-state index < -0.39 is 29.4 Å². The molecule has 1 aromatic carbocycles. The normalized spacial score (nSPS) is 17.8. The molecule has 1 aliphatic carbocycles. The van der Waals surface area contributed by atoms with Crippen molar-refractivity contribution in [3.05, 3.63) is 87.8 Å². The van der Waals surface area contributed by atoms with E-state index >= 15 is 4.39 Å². The number of imidazole rings is 1. The Morgan fingerprint density at radius 2 is 1.84 bits per heavy atom. The molecule has 0 fully saturated rings. The van der Waals surface area contributed by atoms with Gasteiger partial charge in [-0.05, 0) is 77.7 Å². The van der Waals surface area contributed by atoms with Crippen molar-refractivity contribution in [3.63, 3.8) is 0 Å². The van der Waals surface area contributed by atoms with E-state index in [0.717, 1.165) is 40.4 Å². The fourth-order valence-corrected chi connectivity index (χ4v) is 6.18. The van der Waals surface area contributed by atoms with Gasteiger partial charge in [0.25, 0.3) is 0 Å². The number of aromatic amines is 1. The summed E-state index contributed by atoms with van der Waals surface area (Å²) in [7, 11) is 1.50. The molecule has 3 N–H and O–H groups in total. The molecule has 0 saturated carbocycles. The number of carbonyl (C=O) groups excluding carboxylic acids is 1. The van der Waals surface area contributed by atoms with Crippen molar-refractivity contribution in [3.8, 4) is 16.9 Å². The van der Waals surface area contributed by atoms with Crippen molar-refractivity contribution < 1.29 is 32.9 Å². The zero-order valence-electron chi connectivity index (χ0n) is 34.2. The van der Waals surface area contributed by atoms with Crippen molar-refractivity contribution in [2.24, 2.45) is 5.10 Å². The van der Waals surface area contributed by atoms with Crippen LogP contribution in [0, 0.1) is 18.6 Å². The fourth-order valence-electron chi connectivity index (χ4n) is 6.18. The summed E-state index contributed by atoms with van der Waals surface area (Å²) in [5.41, 5.74) is 7.08. The number of hydrazone groups is 1. The molecule has 3 heterocycles. The van der Waals surface area contributed by atoms with Crippen LogP contribution in [0.4, 0.5) is 13.6 Å². The van der Waals surface area contributed by atoms with Gasteiger partial charge in [-0.1, -0.05) is 45.4 Å². The Morgan fingerprint density at radius 3 is 2.47 bits per heavy atom. The SMILES string of the molecule is C/C=C\C(=C/c1cnc(C)[nH]1)c1nc(C2=N/NCCN(C(=O)OC(C)(C)C)C\C(C)=C\2)c(-c2c(F)cc(F)cc2OCCOC)c2c1CCC2O.CC.CC. The highest BCUT2D eigenvalue weighted by Gasteiger charge is 2.35. The number of benzene rings is 1. The predicted molar refractivity (Wildman–Crippen MR) is 215 cm³/mol. The number of amides is 1. The van der Waals surface area contributed by atoms with Crippen molar-refractivity contribution in [2.75, 3.05) is 40.0 Å². The number of rotatable bonds is 9. The molecular weight excluding hydrogens is 706 g/mol. The van der Waals surface area contributed by atoms with E-state index in [-0.39, 0.29) is 48.9 Å². The Balaban J connectivity index is 0.00000196. The van der Waals surface area contributed by atoms with Crippen molar-refractivity contribution in [1.29, 1.82) is 0 Å². The average Bonchev–Trinajstić information content (AvgIpc) is 3.75. The molecule has 0 bridgehead atoms. The largest absolute Gasteiger partial charge is 0.490 e. The van der Waals surface area contributed by atoms with Gasteiger partial charge in [0.15, 0.2) is 0 Å². The molecular formula is C42H58F2N6O5. The quantitative estimate of drug-likeness (QED) is 0.146. The number of hydrogen-bond donors (Lipinski definition) is 3. The van der Waals surface area contributed by atoms with Gasteiger partial charge in [-0.25, -0.2) is 23.5 Å². The lowest BCUT2D eigenvalue weighted by atomic mass is 9.89. The number of aromatic nitrogens is 3. The van der Waals surface area contributed by atoms with Crippen LogP contribution in [0.25, 0.3) is 22.8 Å². The van der Waals surface area contributed by atoms with Gasteiger partial charge < -0.3 is 34.6 Å². The van der Waals surface area contributed by atoms with E-state index in [4.69, 9.17) is 24.3 Å². The number of allylic oxidation sites excluding steroid dienone is 4. The van der Waals surface area contributed by atoms with Gasteiger partial charge in [0.2, 0.25) is 0 Å². The first-order valence-electron chi connectivity index (χ1n) is 19.0. The number of nitrogens with one attached hydrogen (secondary N) is 2. The molecule has 0 saturated heterocycles. The number of aliphatic hydroxyl groups excluding tert-OH is 1. The van der Waals surface area contributed by atoms with Gasteiger partial charge >= 0.3 is 6.09 Å². The maximum Gasteiger partial charge on any atom is 0.410 e. The number of fused-ring (bicyclic) bond motifs is 1. The van der Waals surface area contributed by atoms with Crippen LogP contribution in [0.15, 0.2) is 47.2 Å². The Labute approximate surface area is 324 Å². The summed E-state index contributed by atoms with van der Waals surface area (Å²) in [5.74, 6) is -1.03. The average molecular weight is 765 g/mol. The lowest BCUT2D eigenvalue weighted by Crippen LogP contribution is -2.40. The second-order valence-corrected chi connectivity index (χ2v) is 13.6. The summed E-state index contributed by atoms with van der Waals surface area (Å²) in [4.78, 5) is 27.4. The van der Waals surface area contributed by atoms with Crippen molar-refractivity contribution >= 4 is 23.5 Å². The van der Waals surface area contributed by atoms with Crippen LogP contribution in [0.1, 0.15) is 109 Å². The summed E-state index contributed by atoms with van der Waals surface area (Å²) >= 11 is 0. The number of halogens is 2. The second-order valence-electron chi connectivity index (χ2n) is 13.6. The number of ether oxygens (including phenoxy) is 3. The minimum Gasteiger partial charge on any atom is -0.490 e. The molecule has 1 unspecified atom stereocenters. The van der Waals surface area contributed by atoms with Gasteiger partial charge in [-0.3, -0.25) is 0 Å². The Morgan fingerprint density at radius 1 is 1.11 bits per heavy atom. The number of nitrogens with zero attached hydrogens (tertiary/aromatic N) is 4. The molecule has 13 heteroatoms. The smallest absolute Gasteiger partial charge is 0.410 e. The van der Waals surface area contributed by atoms with E-state index in [1.807, 2.05) is 87.5 Å². The number of aliphatic hydroxyl groups is 1. The van der Waals surface area contributed by atoms with E-state index in [1.54, 1.807) is 17.2 Å². The number of hydrogen-bond acceptors (Lipinski definition) is 9. The molecule has 0 radical (unpaired) electrons. The maximum atomic E-state index is 16.3.